The monoisotopic (exact) mass is 297 g/mol. The molecular weight excluding hydrogens is 278 g/mol. The minimum atomic E-state index is -3.14. The first-order chi connectivity index (χ1) is 9.47. The lowest BCUT2D eigenvalue weighted by Gasteiger charge is -2.29. The van der Waals surface area contributed by atoms with Crippen LogP contribution < -0.4 is 5.32 Å². The topological polar surface area (TPSA) is 79.4 Å². The lowest BCUT2D eigenvalue weighted by Crippen LogP contribution is -2.42. The average Bonchev–Trinajstić information content (AvgIpc) is 2.45. The first-order valence-electron chi connectivity index (χ1n) is 6.58. The SMILES string of the molecule is CS(=O)(=O)N1CCC(C(=O)NCc2cccnc2)CC1. The van der Waals surface area contributed by atoms with E-state index in [2.05, 4.69) is 10.3 Å². The number of nitrogens with zero attached hydrogens (tertiary/aromatic N) is 2. The lowest BCUT2D eigenvalue weighted by atomic mass is 9.97. The molecule has 0 aromatic carbocycles. The zero-order valence-corrected chi connectivity index (χ0v) is 12.3. The maximum Gasteiger partial charge on any atom is 0.223 e. The summed E-state index contributed by atoms with van der Waals surface area (Å²) in [6.07, 6.45) is 5.76. The molecule has 0 bridgehead atoms. The van der Waals surface area contributed by atoms with E-state index in [0.717, 1.165) is 5.56 Å². The molecule has 2 rings (SSSR count). The Hall–Kier alpha value is -1.47. The molecule has 0 atom stereocenters. The van der Waals surface area contributed by atoms with E-state index in [4.69, 9.17) is 0 Å². The minimum Gasteiger partial charge on any atom is -0.352 e. The number of nitrogens with one attached hydrogen (secondary N) is 1. The normalized spacial score (nSPS) is 17.9. The summed E-state index contributed by atoms with van der Waals surface area (Å²) in [5.74, 6) is -0.119. The number of amides is 1. The van der Waals surface area contributed by atoms with E-state index < -0.39 is 10.0 Å². The summed E-state index contributed by atoms with van der Waals surface area (Å²) < 4.78 is 24.2. The van der Waals surface area contributed by atoms with Crippen molar-refractivity contribution in [3.63, 3.8) is 0 Å². The van der Waals surface area contributed by atoms with Gasteiger partial charge in [-0.05, 0) is 24.5 Å². The molecule has 1 aromatic rings. The lowest BCUT2D eigenvalue weighted by molar-refractivity contribution is -0.126. The zero-order chi connectivity index (χ0) is 14.6. The summed E-state index contributed by atoms with van der Waals surface area (Å²) in [6.45, 7) is 1.30. The first-order valence-corrected chi connectivity index (χ1v) is 8.43. The van der Waals surface area contributed by atoms with Gasteiger partial charge >= 0.3 is 0 Å². The Labute approximate surface area is 119 Å². The van der Waals surface area contributed by atoms with Crippen LogP contribution in [0.15, 0.2) is 24.5 Å². The van der Waals surface area contributed by atoms with Crippen molar-refractivity contribution in [2.24, 2.45) is 5.92 Å². The predicted molar refractivity (Wildman–Crippen MR) is 75.2 cm³/mol. The van der Waals surface area contributed by atoms with Crippen molar-refractivity contribution in [1.82, 2.24) is 14.6 Å². The summed E-state index contributed by atoms with van der Waals surface area (Å²) >= 11 is 0. The van der Waals surface area contributed by atoms with Crippen molar-refractivity contribution in [1.29, 1.82) is 0 Å². The smallest absolute Gasteiger partial charge is 0.223 e. The third-order valence-corrected chi connectivity index (χ3v) is 4.79. The Bertz CT molecular complexity index is 551. The predicted octanol–water partition coefficient (Wildman–Crippen LogP) is 0.369. The summed E-state index contributed by atoms with van der Waals surface area (Å²) in [4.78, 5) is 16.0. The number of carbonyl (C=O) groups excluding carboxylic acids is 1. The van der Waals surface area contributed by atoms with Crippen molar-refractivity contribution < 1.29 is 13.2 Å². The van der Waals surface area contributed by atoms with Gasteiger partial charge in [0, 0.05) is 37.9 Å². The van der Waals surface area contributed by atoms with E-state index in [1.54, 1.807) is 12.4 Å². The van der Waals surface area contributed by atoms with Crippen LogP contribution in [-0.2, 0) is 21.4 Å². The molecule has 20 heavy (non-hydrogen) atoms. The second-order valence-electron chi connectivity index (χ2n) is 5.02. The van der Waals surface area contributed by atoms with Crippen LogP contribution in [0.5, 0.6) is 0 Å². The Morgan fingerprint density at radius 2 is 2.15 bits per heavy atom. The van der Waals surface area contributed by atoms with Gasteiger partial charge in [-0.15, -0.1) is 0 Å². The molecule has 1 saturated heterocycles. The van der Waals surface area contributed by atoms with Crippen molar-refractivity contribution in [2.75, 3.05) is 19.3 Å². The number of rotatable bonds is 4. The summed E-state index contributed by atoms with van der Waals surface area (Å²) in [5.41, 5.74) is 0.953. The highest BCUT2D eigenvalue weighted by molar-refractivity contribution is 7.88. The largest absolute Gasteiger partial charge is 0.352 e. The van der Waals surface area contributed by atoms with Gasteiger partial charge in [0.05, 0.1) is 6.26 Å². The van der Waals surface area contributed by atoms with Gasteiger partial charge in [-0.1, -0.05) is 6.07 Å². The van der Waals surface area contributed by atoms with Gasteiger partial charge in [0.15, 0.2) is 0 Å². The number of sulfonamides is 1. The minimum absolute atomic E-state index is 0.0120. The van der Waals surface area contributed by atoms with E-state index in [0.29, 0.717) is 32.5 Å². The standard InChI is InChI=1S/C13H19N3O3S/c1-20(18,19)16-7-4-12(5-8-16)13(17)15-10-11-3-2-6-14-9-11/h2-3,6,9,12H,4-5,7-8,10H2,1H3,(H,15,17). The maximum atomic E-state index is 12.0. The molecule has 0 unspecified atom stereocenters. The molecule has 0 saturated carbocycles. The van der Waals surface area contributed by atoms with E-state index in [1.165, 1.54) is 10.6 Å². The van der Waals surface area contributed by atoms with Crippen LogP contribution in [0.25, 0.3) is 0 Å². The highest BCUT2D eigenvalue weighted by Gasteiger charge is 2.28. The van der Waals surface area contributed by atoms with Gasteiger partial charge in [-0.3, -0.25) is 9.78 Å². The Balaban J connectivity index is 1.80. The van der Waals surface area contributed by atoms with Gasteiger partial charge in [0.1, 0.15) is 0 Å². The second-order valence-corrected chi connectivity index (χ2v) is 7.00. The van der Waals surface area contributed by atoms with Gasteiger partial charge in [-0.2, -0.15) is 0 Å². The molecule has 0 spiro atoms. The summed E-state index contributed by atoms with van der Waals surface area (Å²) in [6, 6.07) is 3.73. The number of hydrogen-bond acceptors (Lipinski definition) is 4. The molecule has 1 aromatic heterocycles. The third-order valence-electron chi connectivity index (χ3n) is 3.48. The van der Waals surface area contributed by atoms with Crippen LogP contribution in [0, 0.1) is 5.92 Å². The Kier molecular flexibility index (Phi) is 4.72. The van der Waals surface area contributed by atoms with Crippen LogP contribution in [-0.4, -0.2) is 43.0 Å². The maximum absolute atomic E-state index is 12.0. The quantitative estimate of drug-likeness (QED) is 0.871. The van der Waals surface area contributed by atoms with Gasteiger partial charge < -0.3 is 5.32 Å². The number of hydrogen-bond donors (Lipinski definition) is 1. The fourth-order valence-electron chi connectivity index (χ4n) is 2.29. The molecule has 1 amide bonds. The van der Waals surface area contributed by atoms with Crippen LogP contribution in [0.4, 0.5) is 0 Å². The number of carbonyl (C=O) groups is 1. The van der Waals surface area contributed by atoms with E-state index in [-0.39, 0.29) is 11.8 Å². The number of aromatic nitrogens is 1. The Morgan fingerprint density at radius 3 is 2.70 bits per heavy atom. The van der Waals surface area contributed by atoms with Crippen molar-refractivity contribution in [3.8, 4) is 0 Å². The molecule has 110 valence electrons. The highest BCUT2D eigenvalue weighted by atomic mass is 32.2. The number of pyridine rings is 1. The molecule has 0 radical (unpaired) electrons. The molecule has 1 fully saturated rings. The van der Waals surface area contributed by atoms with Crippen molar-refractivity contribution >= 4 is 15.9 Å². The molecule has 1 N–H and O–H groups in total. The van der Waals surface area contributed by atoms with Crippen LogP contribution in [0.2, 0.25) is 0 Å². The molecule has 1 aliphatic rings. The van der Waals surface area contributed by atoms with E-state index in [9.17, 15) is 13.2 Å². The zero-order valence-electron chi connectivity index (χ0n) is 11.4. The molecular formula is C13H19N3O3S. The van der Waals surface area contributed by atoms with Gasteiger partial charge in [0.25, 0.3) is 0 Å². The van der Waals surface area contributed by atoms with Crippen molar-refractivity contribution in [2.45, 2.75) is 19.4 Å². The molecule has 2 heterocycles. The Morgan fingerprint density at radius 1 is 1.45 bits per heavy atom. The van der Waals surface area contributed by atoms with Crippen LogP contribution >= 0.6 is 0 Å². The molecule has 6 nitrogen and oxygen atoms in total. The average molecular weight is 297 g/mol. The molecule has 7 heteroatoms. The summed E-state index contributed by atoms with van der Waals surface area (Å²) in [5, 5.41) is 2.88. The van der Waals surface area contributed by atoms with E-state index >= 15 is 0 Å². The highest BCUT2D eigenvalue weighted by Crippen LogP contribution is 2.19. The first kappa shape index (κ1) is 14.9. The van der Waals surface area contributed by atoms with Crippen LogP contribution in [0.3, 0.4) is 0 Å². The second kappa shape index (κ2) is 6.32. The molecule has 1 aliphatic heterocycles. The number of piperidine rings is 1. The fraction of sp³-hybridized carbons (Fsp3) is 0.538. The third kappa shape index (κ3) is 4.01. The molecule has 0 aliphatic carbocycles. The van der Waals surface area contributed by atoms with Gasteiger partial charge in [-0.25, -0.2) is 12.7 Å². The van der Waals surface area contributed by atoms with Crippen molar-refractivity contribution in [3.05, 3.63) is 30.1 Å². The van der Waals surface area contributed by atoms with Crippen LogP contribution in [0.1, 0.15) is 18.4 Å². The summed E-state index contributed by atoms with van der Waals surface area (Å²) in [7, 11) is -3.14. The van der Waals surface area contributed by atoms with E-state index in [1.807, 2.05) is 12.1 Å². The fourth-order valence-corrected chi connectivity index (χ4v) is 3.16. The van der Waals surface area contributed by atoms with Gasteiger partial charge in [0.2, 0.25) is 15.9 Å².